The molecule has 0 saturated carbocycles. The Morgan fingerprint density at radius 1 is 1.05 bits per heavy atom. The molecule has 0 bridgehead atoms. The van der Waals surface area contributed by atoms with Gasteiger partial charge in [0.15, 0.2) is 11.5 Å². The molecule has 1 saturated heterocycles. The number of aryl methyl sites for hydroxylation is 1. The molecule has 1 aliphatic rings. The van der Waals surface area contributed by atoms with Gasteiger partial charge in [0.05, 0.1) is 34.8 Å². The highest BCUT2D eigenvalue weighted by molar-refractivity contribution is 5.96. The number of rotatable bonds is 7. The van der Waals surface area contributed by atoms with Crippen LogP contribution in [0.4, 0.5) is 10.1 Å². The van der Waals surface area contributed by atoms with Gasteiger partial charge in [-0.05, 0) is 86.7 Å². The number of imidazole rings is 1. The number of allylic oxidation sites excluding steroid dienone is 1. The molecule has 1 fully saturated rings. The van der Waals surface area contributed by atoms with E-state index in [0.717, 1.165) is 75.3 Å². The van der Waals surface area contributed by atoms with Crippen molar-refractivity contribution in [2.24, 2.45) is 5.92 Å². The molecule has 1 aliphatic heterocycles. The van der Waals surface area contributed by atoms with Crippen LogP contribution >= 0.6 is 0 Å². The molecule has 6 aromatic rings. The van der Waals surface area contributed by atoms with E-state index >= 15 is 0 Å². The molecule has 4 N–H and O–H groups in total. The van der Waals surface area contributed by atoms with E-state index in [1.807, 2.05) is 31.2 Å². The van der Waals surface area contributed by atoms with Crippen LogP contribution in [0.5, 0.6) is 0 Å². The molecule has 6 heterocycles. The van der Waals surface area contributed by atoms with Crippen molar-refractivity contribution in [3.05, 3.63) is 84.8 Å². The fraction of sp³-hybridized carbons (Fsp3) is 0.219. The molecule has 5 aromatic heterocycles. The molecular formula is C32H30FN9. The maximum absolute atomic E-state index is 14.2. The summed E-state index contributed by atoms with van der Waals surface area (Å²) in [4.78, 5) is 21.7. The van der Waals surface area contributed by atoms with Crippen LogP contribution in [0, 0.1) is 18.7 Å². The van der Waals surface area contributed by atoms with Crippen molar-refractivity contribution in [3.63, 3.8) is 0 Å². The van der Waals surface area contributed by atoms with E-state index in [-0.39, 0.29) is 5.82 Å². The zero-order valence-electron chi connectivity index (χ0n) is 23.2. The molecular weight excluding hydrogens is 529 g/mol. The first-order chi connectivity index (χ1) is 20.5. The van der Waals surface area contributed by atoms with Crippen molar-refractivity contribution in [2.75, 3.05) is 18.4 Å². The number of hydrogen-bond acceptors (Lipinski definition) is 7. The van der Waals surface area contributed by atoms with Crippen molar-refractivity contribution >= 4 is 27.8 Å². The Kier molecular flexibility index (Phi) is 6.67. The zero-order valence-corrected chi connectivity index (χ0v) is 23.2. The zero-order chi connectivity index (χ0) is 28.6. The standard InChI is InChI=1S/C32H30FN9/c1-18-9-21(12-23(33)10-18)25-5-8-36-31-29(25)39-32(40-31)30-26-14-27(37-17-28(26)41-42-30)22-13-24(16-35-15-22)38-19(2)11-20-3-6-34-7-4-20/h5,8-10,12-17,20,34,38H,2-4,6-7,11H2,1H3,(H,41,42)(H,36,39,40). The molecule has 0 unspecified atom stereocenters. The first kappa shape index (κ1) is 26.0. The van der Waals surface area contributed by atoms with E-state index < -0.39 is 0 Å². The van der Waals surface area contributed by atoms with Gasteiger partial charge < -0.3 is 15.6 Å². The minimum absolute atomic E-state index is 0.284. The Balaban J connectivity index is 1.20. The van der Waals surface area contributed by atoms with Crippen LogP contribution in [0.1, 0.15) is 24.8 Å². The van der Waals surface area contributed by atoms with Gasteiger partial charge in [0, 0.05) is 34.6 Å². The highest BCUT2D eigenvalue weighted by Gasteiger charge is 2.18. The summed E-state index contributed by atoms with van der Waals surface area (Å²) in [5, 5.41) is 15.3. The number of fused-ring (bicyclic) bond motifs is 2. The molecule has 0 atom stereocenters. The van der Waals surface area contributed by atoms with Crippen molar-refractivity contribution < 1.29 is 4.39 Å². The predicted molar refractivity (Wildman–Crippen MR) is 163 cm³/mol. The number of piperidine rings is 1. The van der Waals surface area contributed by atoms with Gasteiger partial charge in [-0.25, -0.2) is 14.4 Å². The quantitative estimate of drug-likeness (QED) is 0.179. The highest BCUT2D eigenvalue weighted by atomic mass is 19.1. The van der Waals surface area contributed by atoms with Gasteiger partial charge in [-0.15, -0.1) is 0 Å². The number of pyridine rings is 3. The maximum Gasteiger partial charge on any atom is 0.178 e. The number of aromatic nitrogens is 7. The Morgan fingerprint density at radius 2 is 1.93 bits per heavy atom. The summed E-state index contributed by atoms with van der Waals surface area (Å²) in [6, 6.07) is 10.8. The van der Waals surface area contributed by atoms with Crippen LogP contribution in [0.2, 0.25) is 0 Å². The molecule has 42 heavy (non-hydrogen) atoms. The predicted octanol–water partition coefficient (Wildman–Crippen LogP) is 6.39. The van der Waals surface area contributed by atoms with Crippen molar-refractivity contribution in [3.8, 4) is 33.9 Å². The Hall–Kier alpha value is -4.96. The van der Waals surface area contributed by atoms with Gasteiger partial charge in [0.25, 0.3) is 0 Å². The monoisotopic (exact) mass is 559 g/mol. The second kappa shape index (κ2) is 10.8. The van der Waals surface area contributed by atoms with E-state index in [0.29, 0.717) is 23.1 Å². The average Bonchev–Trinajstić information content (AvgIpc) is 3.61. The number of nitrogens with one attached hydrogen (secondary N) is 4. The Bertz CT molecular complexity index is 1910. The fourth-order valence-electron chi connectivity index (χ4n) is 5.75. The number of hydrogen-bond donors (Lipinski definition) is 4. The lowest BCUT2D eigenvalue weighted by Gasteiger charge is -2.23. The second-order valence-corrected chi connectivity index (χ2v) is 10.9. The lowest BCUT2D eigenvalue weighted by atomic mass is 9.93. The maximum atomic E-state index is 14.2. The highest BCUT2D eigenvalue weighted by Crippen LogP contribution is 2.33. The molecule has 210 valence electrons. The number of H-pyrrole nitrogens is 2. The number of anilines is 1. The molecule has 0 amide bonds. The summed E-state index contributed by atoms with van der Waals surface area (Å²) < 4.78 is 14.2. The fourth-order valence-corrected chi connectivity index (χ4v) is 5.75. The third kappa shape index (κ3) is 5.12. The van der Waals surface area contributed by atoms with Gasteiger partial charge in [0.2, 0.25) is 0 Å². The summed E-state index contributed by atoms with van der Waals surface area (Å²) in [6.45, 7) is 8.26. The van der Waals surface area contributed by atoms with Gasteiger partial charge in [-0.2, -0.15) is 5.10 Å². The van der Waals surface area contributed by atoms with Crippen molar-refractivity contribution in [1.29, 1.82) is 0 Å². The molecule has 0 spiro atoms. The average molecular weight is 560 g/mol. The number of halogens is 1. The topological polar surface area (TPSA) is 120 Å². The molecule has 0 aliphatic carbocycles. The van der Waals surface area contributed by atoms with Gasteiger partial charge in [-0.1, -0.05) is 12.6 Å². The minimum atomic E-state index is -0.284. The van der Waals surface area contributed by atoms with Crippen LogP contribution in [0.25, 0.3) is 56.0 Å². The number of nitrogens with zero attached hydrogens (tertiary/aromatic N) is 5. The summed E-state index contributed by atoms with van der Waals surface area (Å²) in [7, 11) is 0. The van der Waals surface area contributed by atoms with Gasteiger partial charge in [0.1, 0.15) is 11.5 Å². The first-order valence-corrected chi connectivity index (χ1v) is 14.1. The first-order valence-electron chi connectivity index (χ1n) is 14.1. The van der Waals surface area contributed by atoms with E-state index in [9.17, 15) is 4.39 Å². The lowest BCUT2D eigenvalue weighted by Crippen LogP contribution is -2.28. The van der Waals surface area contributed by atoms with E-state index in [2.05, 4.69) is 47.3 Å². The van der Waals surface area contributed by atoms with E-state index in [1.165, 1.54) is 25.0 Å². The third-order valence-electron chi connectivity index (χ3n) is 7.77. The smallest absolute Gasteiger partial charge is 0.178 e. The number of benzene rings is 1. The third-order valence-corrected chi connectivity index (χ3v) is 7.77. The molecule has 7 rings (SSSR count). The normalized spacial score (nSPS) is 14.0. The molecule has 0 radical (unpaired) electrons. The minimum Gasteiger partial charge on any atom is -0.358 e. The van der Waals surface area contributed by atoms with Gasteiger partial charge in [-0.3, -0.25) is 15.1 Å². The largest absolute Gasteiger partial charge is 0.358 e. The summed E-state index contributed by atoms with van der Waals surface area (Å²) in [6.07, 6.45) is 10.3. The Morgan fingerprint density at radius 3 is 2.79 bits per heavy atom. The van der Waals surface area contributed by atoms with Gasteiger partial charge >= 0.3 is 0 Å². The van der Waals surface area contributed by atoms with Crippen LogP contribution in [0.15, 0.2) is 73.5 Å². The summed E-state index contributed by atoms with van der Waals surface area (Å²) in [5.41, 5.74) is 8.59. The molecule has 9 nitrogen and oxygen atoms in total. The van der Waals surface area contributed by atoms with Crippen LogP contribution in [-0.4, -0.2) is 48.2 Å². The van der Waals surface area contributed by atoms with E-state index in [4.69, 9.17) is 4.98 Å². The van der Waals surface area contributed by atoms with Crippen LogP contribution in [-0.2, 0) is 0 Å². The second-order valence-electron chi connectivity index (χ2n) is 10.9. The molecule has 1 aromatic carbocycles. The summed E-state index contributed by atoms with van der Waals surface area (Å²) >= 11 is 0. The van der Waals surface area contributed by atoms with Crippen molar-refractivity contribution in [1.82, 2.24) is 40.4 Å². The van der Waals surface area contributed by atoms with Crippen molar-refractivity contribution in [2.45, 2.75) is 26.2 Å². The van der Waals surface area contributed by atoms with E-state index in [1.54, 1.807) is 24.8 Å². The SMILES string of the molecule is C=C(CC1CCNCC1)Nc1cncc(-c2cc3c(-c4nc5nccc(-c6cc(C)cc(F)c6)c5[nH]4)n[nH]c3cn2)c1. The molecule has 10 heteroatoms. The van der Waals surface area contributed by atoms with Crippen LogP contribution in [0.3, 0.4) is 0 Å². The summed E-state index contributed by atoms with van der Waals surface area (Å²) in [5.74, 6) is 0.922. The Labute approximate surface area is 241 Å². The van der Waals surface area contributed by atoms with Crippen LogP contribution < -0.4 is 10.6 Å². The lowest BCUT2D eigenvalue weighted by molar-refractivity contribution is 0.373. The number of aromatic amines is 2.